The largest absolute Gasteiger partial charge is 0.474 e. The molecule has 1 saturated heterocycles. The highest BCUT2D eigenvalue weighted by Crippen LogP contribution is 2.22. The molecular weight excluding hydrogens is 334 g/mol. The number of hydrogen-bond acceptors (Lipinski definition) is 7. The second-order valence-electron chi connectivity index (χ2n) is 5.98. The first kappa shape index (κ1) is 16.2. The van der Waals surface area contributed by atoms with Crippen molar-refractivity contribution in [2.24, 2.45) is 0 Å². The third-order valence-electron chi connectivity index (χ3n) is 4.25. The van der Waals surface area contributed by atoms with E-state index in [4.69, 9.17) is 9.26 Å². The van der Waals surface area contributed by atoms with Crippen molar-refractivity contribution in [2.45, 2.75) is 18.9 Å². The van der Waals surface area contributed by atoms with Gasteiger partial charge in [-0.3, -0.25) is 9.78 Å². The lowest BCUT2D eigenvalue weighted by atomic mass is 10.1. The molecule has 132 valence electrons. The van der Waals surface area contributed by atoms with Gasteiger partial charge in [0.1, 0.15) is 12.4 Å². The van der Waals surface area contributed by atoms with Gasteiger partial charge in [0, 0.05) is 62.2 Å². The highest BCUT2D eigenvalue weighted by molar-refractivity contribution is 5.93. The van der Waals surface area contributed by atoms with Gasteiger partial charge in [0.15, 0.2) is 11.5 Å². The minimum Gasteiger partial charge on any atom is -0.474 e. The van der Waals surface area contributed by atoms with Gasteiger partial charge in [0.05, 0.1) is 0 Å². The smallest absolute Gasteiger partial charge is 0.276 e. The summed E-state index contributed by atoms with van der Waals surface area (Å²) < 4.78 is 11.1. The lowest BCUT2D eigenvalue weighted by Gasteiger charge is -2.31. The number of rotatable bonds is 4. The Hall–Kier alpha value is -3.29. The maximum absolute atomic E-state index is 12.6. The van der Waals surface area contributed by atoms with Crippen LogP contribution in [0, 0.1) is 0 Å². The van der Waals surface area contributed by atoms with Crippen molar-refractivity contribution in [3.8, 4) is 17.2 Å². The van der Waals surface area contributed by atoms with Gasteiger partial charge in [-0.25, -0.2) is 9.97 Å². The van der Waals surface area contributed by atoms with E-state index in [9.17, 15) is 4.79 Å². The summed E-state index contributed by atoms with van der Waals surface area (Å²) in [6, 6.07) is 7.05. The van der Waals surface area contributed by atoms with Crippen LogP contribution in [0.25, 0.3) is 11.3 Å². The third kappa shape index (κ3) is 3.53. The van der Waals surface area contributed by atoms with Gasteiger partial charge in [-0.15, -0.1) is 0 Å². The normalized spacial score (nSPS) is 15.0. The van der Waals surface area contributed by atoms with E-state index in [2.05, 4.69) is 20.1 Å². The zero-order chi connectivity index (χ0) is 17.8. The molecule has 0 aliphatic carbocycles. The fourth-order valence-electron chi connectivity index (χ4n) is 2.88. The Bertz CT molecular complexity index is 861. The Morgan fingerprint density at radius 1 is 1.19 bits per heavy atom. The van der Waals surface area contributed by atoms with Crippen molar-refractivity contribution in [1.29, 1.82) is 0 Å². The van der Waals surface area contributed by atoms with E-state index in [0.717, 1.165) is 18.4 Å². The fourth-order valence-corrected chi connectivity index (χ4v) is 2.88. The predicted octanol–water partition coefficient (Wildman–Crippen LogP) is 2.21. The second-order valence-corrected chi connectivity index (χ2v) is 5.98. The Morgan fingerprint density at radius 3 is 2.81 bits per heavy atom. The molecule has 0 bridgehead atoms. The molecule has 4 rings (SSSR count). The first-order valence-corrected chi connectivity index (χ1v) is 8.38. The SMILES string of the molecule is O=C(c1cc(-c2cccnc2)on1)N1CCC(Oc2ccncn2)CC1. The van der Waals surface area contributed by atoms with Gasteiger partial charge in [0.25, 0.3) is 5.91 Å². The van der Waals surface area contributed by atoms with Crippen LogP contribution in [-0.2, 0) is 0 Å². The Balaban J connectivity index is 1.36. The molecule has 0 atom stereocenters. The summed E-state index contributed by atoms with van der Waals surface area (Å²) in [6.07, 6.45) is 7.97. The van der Waals surface area contributed by atoms with Crippen LogP contribution in [-0.4, -0.2) is 50.1 Å². The topological polar surface area (TPSA) is 94.2 Å². The summed E-state index contributed by atoms with van der Waals surface area (Å²) in [5, 5.41) is 3.91. The molecule has 8 heteroatoms. The van der Waals surface area contributed by atoms with Crippen molar-refractivity contribution in [3.63, 3.8) is 0 Å². The lowest BCUT2D eigenvalue weighted by Crippen LogP contribution is -2.42. The van der Waals surface area contributed by atoms with E-state index in [-0.39, 0.29) is 12.0 Å². The predicted molar refractivity (Wildman–Crippen MR) is 91.3 cm³/mol. The summed E-state index contributed by atoms with van der Waals surface area (Å²) in [7, 11) is 0. The molecule has 0 N–H and O–H groups in total. The highest BCUT2D eigenvalue weighted by Gasteiger charge is 2.27. The zero-order valence-corrected chi connectivity index (χ0v) is 14.0. The molecule has 8 nitrogen and oxygen atoms in total. The lowest BCUT2D eigenvalue weighted by molar-refractivity contribution is 0.0578. The summed E-state index contributed by atoms with van der Waals surface area (Å²) in [6.45, 7) is 1.20. The summed E-state index contributed by atoms with van der Waals surface area (Å²) in [5.74, 6) is 0.954. The molecule has 1 fully saturated rings. The van der Waals surface area contributed by atoms with E-state index in [1.807, 2.05) is 12.1 Å². The number of aromatic nitrogens is 4. The van der Waals surface area contributed by atoms with Gasteiger partial charge < -0.3 is 14.2 Å². The van der Waals surface area contributed by atoms with E-state index >= 15 is 0 Å². The first-order valence-electron chi connectivity index (χ1n) is 8.38. The number of hydrogen-bond donors (Lipinski definition) is 0. The van der Waals surface area contributed by atoms with Crippen molar-refractivity contribution >= 4 is 5.91 Å². The standard InChI is InChI=1S/C18H17N5O3/c24-18(15-10-16(26-22-15)13-2-1-6-19-11-13)23-8-4-14(5-9-23)25-17-3-7-20-12-21-17/h1-3,6-7,10-12,14H,4-5,8-9H2. The highest BCUT2D eigenvalue weighted by atomic mass is 16.5. The van der Waals surface area contributed by atoms with Crippen molar-refractivity contribution in [3.05, 3.63) is 54.9 Å². The van der Waals surface area contributed by atoms with Crippen LogP contribution in [0.1, 0.15) is 23.3 Å². The average Bonchev–Trinajstić information content (AvgIpc) is 3.20. The maximum Gasteiger partial charge on any atom is 0.276 e. The van der Waals surface area contributed by atoms with Gasteiger partial charge in [-0.2, -0.15) is 0 Å². The molecule has 0 radical (unpaired) electrons. The van der Waals surface area contributed by atoms with Crippen LogP contribution in [0.3, 0.4) is 0 Å². The van der Waals surface area contributed by atoms with E-state index in [0.29, 0.717) is 30.4 Å². The molecule has 3 aromatic rings. The minimum absolute atomic E-state index is 0.0391. The Labute approximate surface area is 149 Å². The molecule has 0 spiro atoms. The van der Waals surface area contributed by atoms with Crippen LogP contribution in [0.15, 0.2) is 53.7 Å². The number of pyridine rings is 1. The molecule has 0 saturated carbocycles. The summed E-state index contributed by atoms with van der Waals surface area (Å²) in [5.41, 5.74) is 1.09. The number of carbonyl (C=O) groups is 1. The number of carbonyl (C=O) groups excluding carboxylic acids is 1. The molecule has 3 aromatic heterocycles. The first-order chi connectivity index (χ1) is 12.8. The van der Waals surface area contributed by atoms with E-state index < -0.39 is 0 Å². The van der Waals surface area contributed by atoms with Crippen LogP contribution in [0.2, 0.25) is 0 Å². The summed E-state index contributed by atoms with van der Waals surface area (Å²) in [4.78, 5) is 26.4. The van der Waals surface area contributed by atoms with E-state index in [1.165, 1.54) is 6.33 Å². The monoisotopic (exact) mass is 351 g/mol. The molecule has 1 aliphatic rings. The molecule has 1 amide bonds. The quantitative estimate of drug-likeness (QED) is 0.711. The molecule has 4 heterocycles. The molecule has 0 aromatic carbocycles. The van der Waals surface area contributed by atoms with Gasteiger partial charge >= 0.3 is 0 Å². The average molecular weight is 351 g/mol. The molecular formula is C18H17N5O3. The number of nitrogens with zero attached hydrogens (tertiary/aromatic N) is 5. The number of ether oxygens (including phenoxy) is 1. The molecule has 1 aliphatic heterocycles. The zero-order valence-electron chi connectivity index (χ0n) is 14.0. The number of likely N-dealkylation sites (tertiary alicyclic amines) is 1. The summed E-state index contributed by atoms with van der Waals surface area (Å²) >= 11 is 0. The molecule has 26 heavy (non-hydrogen) atoms. The van der Waals surface area contributed by atoms with Crippen molar-refractivity contribution in [1.82, 2.24) is 25.0 Å². The van der Waals surface area contributed by atoms with Gasteiger partial charge in [0.2, 0.25) is 5.88 Å². The van der Waals surface area contributed by atoms with Crippen LogP contribution in [0.4, 0.5) is 0 Å². The van der Waals surface area contributed by atoms with Crippen LogP contribution < -0.4 is 4.74 Å². The Morgan fingerprint density at radius 2 is 2.08 bits per heavy atom. The van der Waals surface area contributed by atoms with Gasteiger partial charge in [-0.05, 0) is 12.1 Å². The second kappa shape index (κ2) is 7.30. The van der Waals surface area contributed by atoms with Crippen LogP contribution in [0.5, 0.6) is 5.88 Å². The van der Waals surface area contributed by atoms with Crippen molar-refractivity contribution in [2.75, 3.05) is 13.1 Å². The van der Waals surface area contributed by atoms with Crippen molar-refractivity contribution < 1.29 is 14.1 Å². The van der Waals surface area contributed by atoms with Crippen LogP contribution >= 0.6 is 0 Å². The van der Waals surface area contributed by atoms with Gasteiger partial charge in [-0.1, -0.05) is 5.16 Å². The number of piperidine rings is 1. The third-order valence-corrected chi connectivity index (χ3v) is 4.25. The Kier molecular flexibility index (Phi) is 4.55. The minimum atomic E-state index is -0.135. The number of amides is 1. The van der Waals surface area contributed by atoms with E-state index in [1.54, 1.807) is 35.6 Å². The maximum atomic E-state index is 12.6. The molecule has 0 unspecified atom stereocenters. The fraction of sp³-hybridized carbons (Fsp3) is 0.278.